The highest BCUT2D eigenvalue weighted by Crippen LogP contribution is 2.43. The van der Waals surface area contributed by atoms with E-state index in [2.05, 4.69) is 4.98 Å². The van der Waals surface area contributed by atoms with Crippen LogP contribution in [-0.4, -0.2) is 16.9 Å². The molecule has 0 amide bonds. The molecule has 0 radical (unpaired) electrons. The smallest absolute Gasteiger partial charge is 0.397 e. The van der Waals surface area contributed by atoms with Crippen LogP contribution >= 0.6 is 0 Å². The lowest BCUT2D eigenvalue weighted by Crippen LogP contribution is -2.39. The molecule has 28 heavy (non-hydrogen) atoms. The van der Waals surface area contributed by atoms with E-state index in [4.69, 9.17) is 10.5 Å². The molecule has 2 aromatic rings. The van der Waals surface area contributed by atoms with Crippen molar-refractivity contribution in [3.8, 4) is 0 Å². The lowest BCUT2D eigenvalue weighted by molar-refractivity contribution is -0.359. The first-order chi connectivity index (χ1) is 13.3. The Labute approximate surface area is 162 Å². The van der Waals surface area contributed by atoms with Gasteiger partial charge < -0.3 is 5.73 Å². The number of allylic oxidation sites excluding steroid dienone is 2. The second-order valence-corrected chi connectivity index (χ2v) is 7.81. The highest BCUT2D eigenvalue weighted by molar-refractivity contribution is 5.90. The van der Waals surface area contributed by atoms with Gasteiger partial charge in [0.25, 0.3) is 0 Å². The molecule has 0 aliphatic heterocycles. The third-order valence-electron chi connectivity index (χ3n) is 5.70. The Hall–Kier alpha value is -2.34. The number of nitrogens with zero attached hydrogens (tertiary/aromatic N) is 1. The molecule has 6 heteroatoms. The van der Waals surface area contributed by atoms with Crippen LogP contribution in [0.15, 0.2) is 48.6 Å². The molecule has 1 saturated carbocycles. The van der Waals surface area contributed by atoms with Crippen LogP contribution in [0.25, 0.3) is 16.5 Å². The first kappa shape index (κ1) is 19.0. The third kappa shape index (κ3) is 4.07. The topological polar surface area (TPSA) is 48.1 Å². The number of benzene rings is 1. The molecule has 4 rings (SSSR count). The average molecular weight is 388 g/mol. The monoisotopic (exact) mass is 388 g/mol. The number of hydrogen-bond acceptors (Lipinski definition) is 3. The van der Waals surface area contributed by atoms with E-state index in [9.17, 15) is 13.2 Å². The van der Waals surface area contributed by atoms with Crippen molar-refractivity contribution in [1.82, 2.24) is 4.98 Å². The van der Waals surface area contributed by atoms with Gasteiger partial charge in [-0.25, -0.2) is 4.98 Å². The zero-order valence-corrected chi connectivity index (χ0v) is 15.5. The number of alkyl halides is 3. The summed E-state index contributed by atoms with van der Waals surface area (Å²) in [6.45, 7) is 0. The Morgan fingerprint density at radius 1 is 1.14 bits per heavy atom. The number of halogens is 3. The van der Waals surface area contributed by atoms with Crippen LogP contribution in [0, 0.1) is 5.92 Å². The van der Waals surface area contributed by atoms with Gasteiger partial charge in [-0.3, -0.25) is 4.74 Å². The van der Waals surface area contributed by atoms with Crippen molar-refractivity contribution in [3.05, 3.63) is 54.3 Å². The first-order valence-corrected chi connectivity index (χ1v) is 9.65. The van der Waals surface area contributed by atoms with Gasteiger partial charge >= 0.3 is 6.36 Å². The van der Waals surface area contributed by atoms with E-state index in [1.807, 2.05) is 30.3 Å². The number of nitrogens with two attached hydrogens (primary N) is 1. The summed E-state index contributed by atoms with van der Waals surface area (Å²) in [7, 11) is 0. The molecule has 2 aliphatic carbocycles. The number of aromatic nitrogens is 1. The van der Waals surface area contributed by atoms with E-state index in [1.165, 1.54) is 0 Å². The minimum atomic E-state index is -4.69. The van der Waals surface area contributed by atoms with Gasteiger partial charge in [0, 0.05) is 11.8 Å². The standard InChI is InChI=1S/C22H23F3N2O/c23-22(24,25)28-21(13-15-5-1-2-6-15)12-4-8-17(14-21)19-11-10-16-7-3-9-18(26)20(16)27-19/h3-4,7-12,15H,1-2,5-6,13-14,26H2. The number of rotatable bonds is 4. The maximum atomic E-state index is 13.2. The maximum Gasteiger partial charge on any atom is 0.523 e. The molecular weight excluding hydrogens is 365 g/mol. The minimum Gasteiger partial charge on any atom is -0.397 e. The summed E-state index contributed by atoms with van der Waals surface area (Å²) in [5, 5.41) is 0.902. The second kappa shape index (κ2) is 7.24. The van der Waals surface area contributed by atoms with E-state index in [0.29, 0.717) is 23.3 Å². The van der Waals surface area contributed by atoms with Gasteiger partial charge in [-0.2, -0.15) is 0 Å². The molecule has 0 bridgehead atoms. The van der Waals surface area contributed by atoms with E-state index in [1.54, 1.807) is 18.2 Å². The number of nitrogen functional groups attached to an aromatic ring is 1. The summed E-state index contributed by atoms with van der Waals surface area (Å²) in [4.78, 5) is 4.63. The molecule has 1 atom stereocenters. The van der Waals surface area contributed by atoms with E-state index < -0.39 is 12.0 Å². The fourth-order valence-corrected chi connectivity index (χ4v) is 4.49. The molecule has 1 fully saturated rings. The first-order valence-electron chi connectivity index (χ1n) is 9.65. The van der Waals surface area contributed by atoms with Gasteiger partial charge in [0.15, 0.2) is 0 Å². The molecule has 1 aromatic carbocycles. The van der Waals surface area contributed by atoms with Gasteiger partial charge in [0.1, 0.15) is 5.60 Å². The van der Waals surface area contributed by atoms with Gasteiger partial charge in [-0.1, -0.05) is 62.1 Å². The van der Waals surface area contributed by atoms with Crippen LogP contribution in [0.1, 0.15) is 44.2 Å². The predicted octanol–water partition coefficient (Wildman–Crippen LogP) is 6.02. The predicted molar refractivity (Wildman–Crippen MR) is 104 cm³/mol. The number of hydrogen-bond donors (Lipinski definition) is 1. The van der Waals surface area contributed by atoms with Crippen LogP contribution in [0.2, 0.25) is 0 Å². The Balaban J connectivity index is 1.66. The Kier molecular flexibility index (Phi) is 4.91. The zero-order chi connectivity index (χ0) is 19.8. The number of anilines is 1. The molecule has 1 aromatic heterocycles. The van der Waals surface area contributed by atoms with Crippen molar-refractivity contribution in [1.29, 1.82) is 0 Å². The summed E-state index contributed by atoms with van der Waals surface area (Å²) >= 11 is 0. The molecule has 1 heterocycles. The Morgan fingerprint density at radius 2 is 1.93 bits per heavy atom. The van der Waals surface area contributed by atoms with Crippen LogP contribution in [-0.2, 0) is 4.74 Å². The lowest BCUT2D eigenvalue weighted by Gasteiger charge is -2.36. The summed E-state index contributed by atoms with van der Waals surface area (Å²) < 4.78 is 44.4. The molecule has 2 aliphatic rings. The van der Waals surface area contributed by atoms with Crippen molar-refractivity contribution < 1.29 is 17.9 Å². The van der Waals surface area contributed by atoms with Gasteiger partial charge in [0.05, 0.1) is 16.9 Å². The quantitative estimate of drug-likeness (QED) is 0.652. The molecule has 148 valence electrons. The summed E-state index contributed by atoms with van der Waals surface area (Å²) in [5.41, 5.74) is 7.23. The molecule has 2 N–H and O–H groups in total. The summed E-state index contributed by atoms with van der Waals surface area (Å²) in [5.74, 6) is 0.256. The van der Waals surface area contributed by atoms with Crippen LogP contribution in [0.4, 0.5) is 18.9 Å². The minimum absolute atomic E-state index is 0.144. The molecule has 3 nitrogen and oxygen atoms in total. The van der Waals surface area contributed by atoms with Gasteiger partial charge in [-0.05, 0) is 30.0 Å². The highest BCUT2D eigenvalue weighted by Gasteiger charge is 2.45. The summed E-state index contributed by atoms with van der Waals surface area (Å²) in [6, 6.07) is 9.27. The number of fused-ring (bicyclic) bond motifs is 1. The summed E-state index contributed by atoms with van der Waals surface area (Å²) in [6.07, 6.45) is 4.95. The third-order valence-corrected chi connectivity index (χ3v) is 5.70. The fraction of sp³-hybridized carbons (Fsp3) is 0.409. The fourth-order valence-electron chi connectivity index (χ4n) is 4.49. The van der Waals surface area contributed by atoms with Crippen molar-refractivity contribution >= 4 is 22.2 Å². The molecule has 0 saturated heterocycles. The largest absolute Gasteiger partial charge is 0.523 e. The van der Waals surface area contributed by atoms with Crippen LogP contribution in [0.3, 0.4) is 0 Å². The van der Waals surface area contributed by atoms with Gasteiger partial charge in [0.2, 0.25) is 0 Å². The number of pyridine rings is 1. The van der Waals surface area contributed by atoms with Gasteiger partial charge in [-0.15, -0.1) is 13.2 Å². The van der Waals surface area contributed by atoms with Crippen LogP contribution in [0.5, 0.6) is 0 Å². The number of para-hydroxylation sites is 1. The molecular formula is C22H23F3N2O. The maximum absolute atomic E-state index is 13.2. The highest BCUT2D eigenvalue weighted by atomic mass is 19.4. The van der Waals surface area contributed by atoms with Crippen molar-refractivity contribution in [2.45, 2.75) is 50.5 Å². The lowest BCUT2D eigenvalue weighted by atomic mass is 9.80. The molecule has 0 spiro atoms. The van der Waals surface area contributed by atoms with Crippen molar-refractivity contribution in [2.75, 3.05) is 5.73 Å². The van der Waals surface area contributed by atoms with Crippen molar-refractivity contribution in [2.24, 2.45) is 5.92 Å². The Bertz CT molecular complexity index is 929. The SMILES string of the molecule is Nc1cccc2ccc(C3=CC=CC(CC4CCCC4)(OC(F)(F)F)C3)nc12. The van der Waals surface area contributed by atoms with E-state index >= 15 is 0 Å². The Morgan fingerprint density at radius 3 is 2.68 bits per heavy atom. The van der Waals surface area contributed by atoms with Crippen LogP contribution < -0.4 is 5.73 Å². The number of ether oxygens (including phenoxy) is 1. The molecule has 1 unspecified atom stereocenters. The zero-order valence-electron chi connectivity index (χ0n) is 15.5. The van der Waals surface area contributed by atoms with E-state index in [-0.39, 0.29) is 12.3 Å². The van der Waals surface area contributed by atoms with Crippen molar-refractivity contribution in [3.63, 3.8) is 0 Å². The average Bonchev–Trinajstić information content (AvgIpc) is 3.13. The normalized spacial score (nSPS) is 23.3. The second-order valence-electron chi connectivity index (χ2n) is 7.81. The van der Waals surface area contributed by atoms with E-state index in [0.717, 1.165) is 36.6 Å².